The Morgan fingerprint density at radius 2 is 1.29 bits per heavy atom. The Balaban J connectivity index is 1.32. The first-order chi connectivity index (χ1) is 25.0. The van der Waals surface area contributed by atoms with Crippen LogP contribution in [0.2, 0.25) is 0 Å². The maximum absolute atomic E-state index is 14.2. The van der Waals surface area contributed by atoms with Gasteiger partial charge in [0.1, 0.15) is 12.1 Å². The Labute approximate surface area is 303 Å². The Kier molecular flexibility index (Phi) is 11.7. The van der Waals surface area contributed by atoms with Crippen LogP contribution in [-0.4, -0.2) is 91.0 Å². The molecule has 4 aromatic rings. The quantitative estimate of drug-likeness (QED) is 0.157. The first-order valence-corrected chi connectivity index (χ1v) is 19.2. The number of para-hydroxylation sites is 1. The van der Waals surface area contributed by atoms with Crippen LogP contribution in [0.25, 0.3) is 10.9 Å². The van der Waals surface area contributed by atoms with Crippen molar-refractivity contribution in [1.82, 2.24) is 31.2 Å². The van der Waals surface area contributed by atoms with Crippen molar-refractivity contribution in [2.45, 2.75) is 67.9 Å². The number of fused-ring (bicyclic) bond motifs is 1. The summed E-state index contributed by atoms with van der Waals surface area (Å²) in [5.41, 5.74) is 3.44. The fourth-order valence-electron chi connectivity index (χ4n) is 7.11. The minimum Gasteiger partial charge on any atom is -0.361 e. The highest BCUT2D eigenvalue weighted by Gasteiger charge is 2.37. The van der Waals surface area contributed by atoms with E-state index in [1.165, 1.54) is 0 Å². The number of hydrogen-bond donors (Lipinski definition) is 6. The van der Waals surface area contributed by atoms with E-state index in [-0.39, 0.29) is 51.7 Å². The fraction of sp³-hybridized carbons (Fsp3) is 0.368. The van der Waals surface area contributed by atoms with Crippen LogP contribution in [-0.2, 0) is 48.5 Å². The van der Waals surface area contributed by atoms with E-state index < -0.39 is 63.1 Å². The zero-order chi connectivity index (χ0) is 36.7. The largest absolute Gasteiger partial charge is 0.361 e. The predicted molar refractivity (Wildman–Crippen MR) is 197 cm³/mol. The number of benzene rings is 3. The van der Waals surface area contributed by atoms with Crippen molar-refractivity contribution in [3.63, 3.8) is 0 Å². The SMILES string of the molecule is NS(=O)(=O)C1CCN([C@@H]2CC(=O)N[C@@H](Cc3c[nH]c4ccccc34)C(=O)N[C@@H](Cc3ccccc3)C(=O)N[C@H](Cc3ccccc3)CNC2=O)CC1. The fourth-order valence-corrected chi connectivity index (χ4v) is 7.98. The number of aromatic nitrogens is 1. The molecule has 2 aliphatic rings. The molecule has 4 atom stereocenters. The van der Waals surface area contributed by atoms with Crippen LogP contribution in [0.3, 0.4) is 0 Å². The maximum Gasteiger partial charge on any atom is 0.243 e. The second-order valence-electron chi connectivity index (χ2n) is 13.6. The third kappa shape index (κ3) is 9.43. The van der Waals surface area contributed by atoms with Gasteiger partial charge in [0.25, 0.3) is 0 Å². The maximum atomic E-state index is 14.2. The Morgan fingerprint density at radius 3 is 1.96 bits per heavy atom. The van der Waals surface area contributed by atoms with Crippen LogP contribution in [0.1, 0.15) is 36.0 Å². The molecular formula is C38H45N7O6S. The molecule has 1 aromatic heterocycles. The van der Waals surface area contributed by atoms with Gasteiger partial charge in [-0.2, -0.15) is 0 Å². The van der Waals surface area contributed by atoms with Crippen LogP contribution in [0, 0.1) is 0 Å². The zero-order valence-corrected chi connectivity index (χ0v) is 29.6. The lowest BCUT2D eigenvalue weighted by Crippen LogP contribution is -2.60. The third-order valence-electron chi connectivity index (χ3n) is 9.92. The number of H-pyrrole nitrogens is 1. The van der Waals surface area contributed by atoms with Crippen LogP contribution >= 0.6 is 0 Å². The van der Waals surface area contributed by atoms with Gasteiger partial charge in [-0.15, -0.1) is 0 Å². The van der Waals surface area contributed by atoms with Crippen molar-refractivity contribution in [2.24, 2.45) is 5.14 Å². The number of nitrogens with one attached hydrogen (secondary N) is 5. The van der Waals surface area contributed by atoms with Crippen molar-refractivity contribution in [3.8, 4) is 0 Å². The van der Waals surface area contributed by atoms with E-state index in [0.29, 0.717) is 6.42 Å². The molecule has 0 bridgehead atoms. The number of hydrogen-bond acceptors (Lipinski definition) is 7. The Hall–Kier alpha value is -5.05. The first kappa shape index (κ1) is 36.7. The highest BCUT2D eigenvalue weighted by Crippen LogP contribution is 2.22. The monoisotopic (exact) mass is 727 g/mol. The van der Waals surface area contributed by atoms with Gasteiger partial charge >= 0.3 is 0 Å². The summed E-state index contributed by atoms with van der Waals surface area (Å²) < 4.78 is 24.1. The second-order valence-corrected chi connectivity index (χ2v) is 15.5. The first-order valence-electron chi connectivity index (χ1n) is 17.6. The number of aromatic amines is 1. The average molecular weight is 728 g/mol. The second kappa shape index (κ2) is 16.5. The zero-order valence-electron chi connectivity index (χ0n) is 28.8. The highest BCUT2D eigenvalue weighted by molar-refractivity contribution is 7.89. The summed E-state index contributed by atoms with van der Waals surface area (Å²) in [6.45, 7) is 0.522. The van der Waals surface area contributed by atoms with Gasteiger partial charge in [-0.3, -0.25) is 24.1 Å². The number of amides is 4. The minimum absolute atomic E-state index is 0.0560. The van der Waals surface area contributed by atoms with Crippen LogP contribution < -0.4 is 26.4 Å². The molecule has 0 saturated carbocycles. The lowest BCUT2D eigenvalue weighted by atomic mass is 9.99. The molecule has 14 heteroatoms. The van der Waals surface area contributed by atoms with Gasteiger partial charge in [-0.05, 0) is 42.0 Å². The van der Waals surface area contributed by atoms with Crippen molar-refractivity contribution in [2.75, 3.05) is 19.6 Å². The molecule has 0 unspecified atom stereocenters. The van der Waals surface area contributed by atoms with Gasteiger partial charge in [0.15, 0.2) is 0 Å². The van der Waals surface area contributed by atoms with Gasteiger partial charge < -0.3 is 26.3 Å². The minimum atomic E-state index is -3.76. The number of carbonyl (C=O) groups is 4. The van der Waals surface area contributed by atoms with Crippen LogP contribution in [0.4, 0.5) is 0 Å². The summed E-state index contributed by atoms with van der Waals surface area (Å²) in [5, 5.41) is 17.4. The molecule has 2 aliphatic heterocycles. The van der Waals surface area contributed by atoms with Gasteiger partial charge in [-0.25, -0.2) is 13.6 Å². The van der Waals surface area contributed by atoms with E-state index in [4.69, 9.17) is 5.14 Å². The molecule has 13 nitrogen and oxygen atoms in total. The van der Waals surface area contributed by atoms with Gasteiger partial charge in [-0.1, -0.05) is 78.9 Å². The van der Waals surface area contributed by atoms with E-state index >= 15 is 0 Å². The van der Waals surface area contributed by atoms with Gasteiger partial charge in [0.2, 0.25) is 33.7 Å². The molecule has 2 saturated heterocycles. The third-order valence-corrected chi connectivity index (χ3v) is 11.3. The molecule has 0 spiro atoms. The number of sulfonamides is 1. The summed E-state index contributed by atoms with van der Waals surface area (Å²) >= 11 is 0. The van der Waals surface area contributed by atoms with Crippen molar-refractivity contribution in [3.05, 3.63) is 108 Å². The summed E-state index contributed by atoms with van der Waals surface area (Å²) in [6, 6.07) is 22.9. The van der Waals surface area contributed by atoms with E-state index in [9.17, 15) is 27.6 Å². The molecule has 3 aromatic carbocycles. The molecule has 2 fully saturated rings. The summed E-state index contributed by atoms with van der Waals surface area (Å²) in [4.78, 5) is 61.2. The lowest BCUT2D eigenvalue weighted by molar-refractivity contribution is -0.135. The van der Waals surface area contributed by atoms with E-state index in [0.717, 1.165) is 27.6 Å². The highest BCUT2D eigenvalue weighted by atomic mass is 32.2. The molecule has 274 valence electrons. The molecule has 0 radical (unpaired) electrons. The topological polar surface area (TPSA) is 196 Å². The van der Waals surface area contributed by atoms with E-state index in [1.807, 2.05) is 84.9 Å². The number of likely N-dealkylation sites (tertiary alicyclic amines) is 1. The van der Waals surface area contributed by atoms with Gasteiger partial charge in [0, 0.05) is 49.6 Å². The number of nitrogens with zero attached hydrogens (tertiary/aromatic N) is 1. The van der Waals surface area contributed by atoms with Crippen molar-refractivity contribution >= 4 is 44.6 Å². The number of piperidine rings is 1. The van der Waals surface area contributed by atoms with Gasteiger partial charge in [0.05, 0.1) is 23.8 Å². The lowest BCUT2D eigenvalue weighted by Gasteiger charge is -2.36. The molecule has 7 N–H and O–H groups in total. The van der Waals surface area contributed by atoms with Crippen molar-refractivity contribution in [1.29, 1.82) is 0 Å². The summed E-state index contributed by atoms with van der Waals surface area (Å²) in [7, 11) is -3.76. The van der Waals surface area contributed by atoms with Crippen LogP contribution in [0.15, 0.2) is 91.1 Å². The predicted octanol–water partition coefficient (Wildman–Crippen LogP) is 1.29. The molecule has 3 heterocycles. The summed E-state index contributed by atoms with van der Waals surface area (Å²) in [6.07, 6.45) is 2.67. The standard InChI is InChI=1S/C38H45N7O6S/c39-52(50,51)29-15-17-45(18-16-29)34-22-35(46)43-33(21-27-23-40-31-14-8-7-13-30(27)31)37(48)44-32(20-26-11-5-2-6-12-26)36(47)42-28(24-41-38(34)49)19-25-9-3-1-4-10-25/h1-14,23,28-29,32-34,40H,15-22,24H2,(H,41,49)(H,42,47)(H,43,46)(H,44,48)(H2,39,50,51)/t28-,32+,33+,34-/m1/s1. The van der Waals surface area contributed by atoms with E-state index in [2.05, 4.69) is 26.3 Å². The molecular weight excluding hydrogens is 683 g/mol. The summed E-state index contributed by atoms with van der Waals surface area (Å²) in [5.74, 6) is -1.94. The van der Waals surface area contributed by atoms with E-state index in [1.54, 1.807) is 11.1 Å². The molecule has 0 aliphatic carbocycles. The van der Waals surface area contributed by atoms with Crippen LogP contribution in [0.5, 0.6) is 0 Å². The Bertz CT molecular complexity index is 1980. The average Bonchev–Trinajstić information content (AvgIpc) is 3.55. The molecule has 52 heavy (non-hydrogen) atoms. The molecule has 4 amide bonds. The molecule has 6 rings (SSSR count). The number of nitrogens with two attached hydrogens (primary N) is 1. The number of carbonyl (C=O) groups excluding carboxylic acids is 4. The normalized spacial score (nSPS) is 23.2. The smallest absolute Gasteiger partial charge is 0.243 e. The Morgan fingerprint density at radius 1 is 0.692 bits per heavy atom. The number of rotatable bonds is 8. The number of primary sulfonamides is 1. The van der Waals surface area contributed by atoms with Crippen molar-refractivity contribution < 1.29 is 27.6 Å².